The summed E-state index contributed by atoms with van der Waals surface area (Å²) in [5.41, 5.74) is -0.360. The van der Waals surface area contributed by atoms with Gasteiger partial charge in [-0.25, -0.2) is 13.2 Å². The zero-order valence-electron chi connectivity index (χ0n) is 18.9. The van der Waals surface area contributed by atoms with Crippen molar-refractivity contribution < 1.29 is 31.1 Å². The highest BCUT2D eigenvalue weighted by atomic mass is 32.2. The van der Waals surface area contributed by atoms with Crippen molar-refractivity contribution >= 4 is 27.4 Å². The Bertz CT molecular complexity index is 1280. The Balaban J connectivity index is 1.76. The van der Waals surface area contributed by atoms with Crippen LogP contribution in [0.5, 0.6) is 0 Å². The Morgan fingerprint density at radius 3 is 2.37 bits per heavy atom. The number of nitrogens with one attached hydrogen (secondary N) is 1. The highest BCUT2D eigenvalue weighted by Crippen LogP contribution is 2.44. The van der Waals surface area contributed by atoms with E-state index >= 15 is 0 Å². The van der Waals surface area contributed by atoms with Crippen molar-refractivity contribution in [3.8, 4) is 6.07 Å². The lowest BCUT2D eigenvalue weighted by atomic mass is 9.98. The zero-order valence-corrected chi connectivity index (χ0v) is 19.7. The minimum atomic E-state index is -4.67. The molecular formula is C24H24F3N3O4S. The molecule has 2 fully saturated rings. The maximum absolute atomic E-state index is 13.5. The average molecular weight is 508 g/mol. The number of nitriles is 1. The van der Waals surface area contributed by atoms with Crippen LogP contribution in [-0.4, -0.2) is 34.6 Å². The summed E-state index contributed by atoms with van der Waals surface area (Å²) in [4.78, 5) is 13.6. The second-order valence-corrected chi connectivity index (χ2v) is 10.4. The molecule has 0 amide bonds. The van der Waals surface area contributed by atoms with Crippen LogP contribution in [-0.2, 0) is 20.9 Å². The first kappa shape index (κ1) is 24.9. The van der Waals surface area contributed by atoms with Crippen LogP contribution >= 0.6 is 0 Å². The molecule has 2 aromatic rings. The quantitative estimate of drug-likeness (QED) is 0.558. The molecule has 1 N–H and O–H groups in total. The monoisotopic (exact) mass is 507 g/mol. The number of piperidine rings is 1. The van der Waals surface area contributed by atoms with E-state index in [0.717, 1.165) is 25.0 Å². The van der Waals surface area contributed by atoms with E-state index in [9.17, 15) is 26.4 Å². The van der Waals surface area contributed by atoms with Gasteiger partial charge >= 0.3 is 12.1 Å². The summed E-state index contributed by atoms with van der Waals surface area (Å²) in [5.74, 6) is -0.869. The molecule has 1 saturated heterocycles. The van der Waals surface area contributed by atoms with Gasteiger partial charge in [0.2, 0.25) is 0 Å². The van der Waals surface area contributed by atoms with Crippen molar-refractivity contribution in [1.29, 1.82) is 5.26 Å². The number of hydrogen-bond acceptors (Lipinski definition) is 6. The molecule has 0 bridgehead atoms. The second-order valence-electron chi connectivity index (χ2n) is 8.74. The van der Waals surface area contributed by atoms with E-state index in [4.69, 9.17) is 10.00 Å². The van der Waals surface area contributed by atoms with Crippen LogP contribution in [0.4, 0.5) is 24.5 Å². The standard InChI is InChI=1S/C24H24F3N3O4S/c1-34-23(31)17-4-6-19(16-2-3-16)22(12-17)35(32,33)29-20-13-18(24(25,26)27)5-7-21(20)30-10-8-15(14-28)9-11-30/h4-7,12-13,15-16,29H,2-3,8-11H2,1H3. The van der Waals surface area contributed by atoms with E-state index in [2.05, 4.69) is 10.8 Å². The van der Waals surface area contributed by atoms with Crippen LogP contribution in [0, 0.1) is 17.2 Å². The number of anilines is 2. The van der Waals surface area contributed by atoms with Gasteiger partial charge < -0.3 is 9.64 Å². The number of methoxy groups -OCH3 is 1. The third-order valence-corrected chi connectivity index (χ3v) is 7.75. The number of nitrogens with zero attached hydrogens (tertiary/aromatic N) is 2. The van der Waals surface area contributed by atoms with Crippen LogP contribution < -0.4 is 9.62 Å². The third-order valence-electron chi connectivity index (χ3n) is 6.33. The minimum Gasteiger partial charge on any atom is -0.465 e. The Morgan fingerprint density at radius 1 is 1.11 bits per heavy atom. The lowest BCUT2D eigenvalue weighted by Gasteiger charge is -2.33. The summed E-state index contributed by atoms with van der Waals surface area (Å²) in [6.45, 7) is 0.812. The molecule has 1 heterocycles. The molecule has 2 aromatic carbocycles. The number of carbonyl (C=O) groups is 1. The first-order chi connectivity index (χ1) is 16.5. The normalized spacial score (nSPS) is 17.1. The Morgan fingerprint density at radius 2 is 1.80 bits per heavy atom. The highest BCUT2D eigenvalue weighted by Gasteiger charge is 2.34. The van der Waals surface area contributed by atoms with E-state index < -0.39 is 27.7 Å². The van der Waals surface area contributed by atoms with Crippen LogP contribution in [0.25, 0.3) is 0 Å². The fraction of sp³-hybridized carbons (Fsp3) is 0.417. The second kappa shape index (κ2) is 9.41. The van der Waals surface area contributed by atoms with Gasteiger partial charge in [0.1, 0.15) is 0 Å². The number of hydrogen-bond donors (Lipinski definition) is 1. The maximum Gasteiger partial charge on any atom is 0.416 e. The van der Waals surface area contributed by atoms with E-state index in [1.807, 2.05) is 0 Å². The predicted octanol–water partition coefficient (Wildman–Crippen LogP) is 4.91. The summed E-state index contributed by atoms with van der Waals surface area (Å²) in [6, 6.07) is 9.38. The Hall–Kier alpha value is -3.26. The predicted molar refractivity (Wildman–Crippen MR) is 123 cm³/mol. The van der Waals surface area contributed by atoms with Gasteiger partial charge in [-0.15, -0.1) is 0 Å². The number of halogens is 3. The lowest BCUT2D eigenvalue weighted by molar-refractivity contribution is -0.137. The van der Waals surface area contributed by atoms with Gasteiger partial charge in [0.15, 0.2) is 0 Å². The summed E-state index contributed by atoms with van der Waals surface area (Å²) < 4.78 is 74.5. The lowest BCUT2D eigenvalue weighted by Crippen LogP contribution is -2.34. The summed E-state index contributed by atoms with van der Waals surface area (Å²) in [7, 11) is -3.18. The maximum atomic E-state index is 13.5. The molecule has 11 heteroatoms. The molecule has 1 aliphatic heterocycles. The number of sulfonamides is 1. The van der Waals surface area contributed by atoms with Crippen LogP contribution in [0.15, 0.2) is 41.3 Å². The molecule has 0 aromatic heterocycles. The van der Waals surface area contributed by atoms with Gasteiger partial charge in [-0.2, -0.15) is 18.4 Å². The van der Waals surface area contributed by atoms with Crippen LogP contribution in [0.2, 0.25) is 0 Å². The van der Waals surface area contributed by atoms with Crippen molar-refractivity contribution in [2.75, 3.05) is 29.8 Å². The number of esters is 1. The fourth-order valence-electron chi connectivity index (χ4n) is 4.26. The summed E-state index contributed by atoms with van der Waals surface area (Å²) >= 11 is 0. The van der Waals surface area contributed by atoms with Crippen molar-refractivity contribution in [3.63, 3.8) is 0 Å². The molecule has 0 unspecified atom stereocenters. The van der Waals surface area contributed by atoms with Crippen molar-refractivity contribution in [2.24, 2.45) is 5.92 Å². The highest BCUT2D eigenvalue weighted by molar-refractivity contribution is 7.92. The molecule has 1 aliphatic carbocycles. The van der Waals surface area contributed by atoms with E-state index in [-0.39, 0.29) is 28.0 Å². The topological polar surface area (TPSA) is 99.5 Å². The van der Waals surface area contributed by atoms with Gasteiger partial charge in [0.05, 0.1) is 40.6 Å². The molecule has 7 nitrogen and oxygen atoms in total. The number of alkyl halides is 3. The average Bonchev–Trinajstić information content (AvgIpc) is 3.68. The first-order valence-electron chi connectivity index (χ1n) is 11.1. The molecule has 0 atom stereocenters. The molecule has 0 spiro atoms. The Labute approximate surface area is 201 Å². The molecular weight excluding hydrogens is 483 g/mol. The largest absolute Gasteiger partial charge is 0.465 e. The summed E-state index contributed by atoms with van der Waals surface area (Å²) in [6.07, 6.45) is -2.06. The zero-order chi connectivity index (χ0) is 25.4. The van der Waals surface area contributed by atoms with Gasteiger partial charge in [-0.05, 0) is 67.5 Å². The third kappa shape index (κ3) is 5.37. The minimum absolute atomic E-state index is 0.000684. The number of rotatable bonds is 6. The van der Waals surface area contributed by atoms with Gasteiger partial charge in [0.25, 0.3) is 10.0 Å². The molecule has 186 valence electrons. The van der Waals surface area contributed by atoms with Gasteiger partial charge in [0, 0.05) is 19.0 Å². The van der Waals surface area contributed by atoms with Crippen molar-refractivity contribution in [3.05, 3.63) is 53.1 Å². The van der Waals surface area contributed by atoms with Crippen molar-refractivity contribution in [2.45, 2.75) is 42.7 Å². The van der Waals surface area contributed by atoms with E-state index in [1.165, 1.54) is 25.3 Å². The molecule has 2 aliphatic rings. The molecule has 4 rings (SSSR count). The SMILES string of the molecule is COC(=O)c1ccc(C2CC2)c(S(=O)(=O)Nc2cc(C(F)(F)F)ccc2N2CCC(C#N)CC2)c1. The number of carbonyl (C=O) groups excluding carboxylic acids is 1. The molecule has 35 heavy (non-hydrogen) atoms. The molecule has 0 radical (unpaired) electrons. The van der Waals surface area contributed by atoms with E-state index in [1.54, 1.807) is 11.0 Å². The number of ether oxygens (including phenoxy) is 1. The van der Waals surface area contributed by atoms with Crippen molar-refractivity contribution in [1.82, 2.24) is 0 Å². The number of benzene rings is 2. The van der Waals surface area contributed by atoms with Crippen LogP contribution in [0.3, 0.4) is 0 Å². The van der Waals surface area contributed by atoms with Crippen LogP contribution in [0.1, 0.15) is 53.1 Å². The first-order valence-corrected chi connectivity index (χ1v) is 12.6. The van der Waals surface area contributed by atoms with Gasteiger partial charge in [-0.1, -0.05) is 6.07 Å². The molecule has 1 saturated carbocycles. The Kier molecular flexibility index (Phi) is 6.68. The van der Waals surface area contributed by atoms with E-state index in [0.29, 0.717) is 37.2 Å². The summed E-state index contributed by atoms with van der Waals surface area (Å²) in [5, 5.41) is 9.14. The smallest absolute Gasteiger partial charge is 0.416 e. The van der Waals surface area contributed by atoms with Gasteiger partial charge in [-0.3, -0.25) is 4.72 Å². The fourth-order valence-corrected chi connectivity index (χ4v) is 5.65.